The Hall–Kier alpha value is -5.06. The van der Waals surface area contributed by atoms with Gasteiger partial charge in [-0.3, -0.25) is 19.8 Å². The van der Waals surface area contributed by atoms with Crippen LogP contribution in [-0.4, -0.2) is 82.4 Å². The number of nitrogens with zero attached hydrogens (tertiary/aromatic N) is 6. The summed E-state index contributed by atoms with van der Waals surface area (Å²) in [5.74, 6) is 5.26. The molecule has 6 aliphatic heterocycles. The third kappa shape index (κ3) is 6.63. The van der Waals surface area contributed by atoms with Crippen LogP contribution in [0.15, 0.2) is 85.2 Å². The minimum absolute atomic E-state index is 0.126. The van der Waals surface area contributed by atoms with Crippen molar-refractivity contribution in [3.63, 3.8) is 0 Å². The number of benzene rings is 3. The lowest BCUT2D eigenvalue weighted by atomic mass is 9.69. The monoisotopic (exact) mass is 792 g/mol. The highest BCUT2D eigenvalue weighted by molar-refractivity contribution is 5.91. The summed E-state index contributed by atoms with van der Waals surface area (Å²) in [6.07, 6.45) is 10.4. The molecule has 0 amide bonds. The average molecular weight is 793 g/mol. The first-order valence-corrected chi connectivity index (χ1v) is 21.8. The first-order chi connectivity index (χ1) is 28.9. The van der Waals surface area contributed by atoms with Crippen LogP contribution >= 0.6 is 0 Å². The topological polar surface area (TPSA) is 95.0 Å². The SMILES string of the molecule is CCC1CN2CCC1C[C@H]2[C@](C)(Oc1nnc(O[C@H](c2cccc3ncc(OC)cc23)[C@@H]2CC3CCN2CC3CC)c2ccccc12)c1ccnc2ccc(OC)cc12. The van der Waals surface area contributed by atoms with Gasteiger partial charge in [-0.05, 0) is 118 Å². The molecule has 6 unspecified atom stereocenters. The second kappa shape index (κ2) is 15.5. The van der Waals surface area contributed by atoms with Crippen LogP contribution in [0.1, 0.15) is 76.5 Å². The lowest BCUT2D eigenvalue weighted by molar-refractivity contribution is -0.0945. The number of hydrogen-bond donors (Lipinski definition) is 0. The molecule has 6 fully saturated rings. The maximum Gasteiger partial charge on any atom is 0.242 e. The Morgan fingerprint density at radius 1 is 0.712 bits per heavy atom. The number of methoxy groups -OCH3 is 2. The highest BCUT2D eigenvalue weighted by Crippen LogP contribution is 2.49. The summed E-state index contributed by atoms with van der Waals surface area (Å²) >= 11 is 0. The van der Waals surface area contributed by atoms with Crippen LogP contribution in [-0.2, 0) is 5.60 Å². The van der Waals surface area contributed by atoms with Gasteiger partial charge in [-0.2, -0.15) is 0 Å². The maximum absolute atomic E-state index is 7.48. The highest BCUT2D eigenvalue weighted by Gasteiger charge is 2.51. The molecule has 4 bridgehead atoms. The molecule has 306 valence electrons. The van der Waals surface area contributed by atoms with Crippen molar-refractivity contribution < 1.29 is 18.9 Å². The molecule has 6 aromatic rings. The van der Waals surface area contributed by atoms with Crippen LogP contribution in [0.4, 0.5) is 0 Å². The summed E-state index contributed by atoms with van der Waals surface area (Å²) in [6.45, 7) is 11.2. The standard InChI is InChI=1S/C49H56N6O4/c1-6-30-28-54-21-18-32(30)23-44(54)46(36-13-10-14-42-39(36)26-35(57-5)27-51-42)58-47-37-11-8-9-12-38(37)48(53-52-47)59-49(3,45-24-33-19-22-55(45)29-31(33)7-2)41-17-20-50-43-16-15-34(56-4)25-40(41)43/h8-17,20,25-27,30-33,44-46H,6-7,18-19,21-24,28-29H2,1-5H3/t30?,31?,32?,33?,44-,45-,46+,49+/m0/s1. The third-order valence-corrected chi connectivity index (χ3v) is 14.8. The Morgan fingerprint density at radius 2 is 1.41 bits per heavy atom. The minimum Gasteiger partial charge on any atom is -0.497 e. The molecule has 0 aliphatic carbocycles. The molecule has 10 atom stereocenters. The Morgan fingerprint density at radius 3 is 2.12 bits per heavy atom. The van der Waals surface area contributed by atoms with Crippen molar-refractivity contribution in [2.24, 2.45) is 23.7 Å². The highest BCUT2D eigenvalue weighted by atomic mass is 16.5. The summed E-state index contributed by atoms with van der Waals surface area (Å²) < 4.78 is 26.2. The summed E-state index contributed by atoms with van der Waals surface area (Å²) in [5.41, 5.74) is 3.20. The predicted octanol–water partition coefficient (Wildman–Crippen LogP) is 9.40. The summed E-state index contributed by atoms with van der Waals surface area (Å²) in [5, 5.41) is 13.7. The molecule has 3 aromatic heterocycles. The van der Waals surface area contributed by atoms with Gasteiger partial charge in [-0.25, -0.2) is 0 Å². The lowest BCUT2D eigenvalue weighted by Crippen LogP contribution is -2.61. The summed E-state index contributed by atoms with van der Waals surface area (Å²) in [4.78, 5) is 14.9. The van der Waals surface area contributed by atoms with E-state index >= 15 is 0 Å². The van der Waals surface area contributed by atoms with E-state index in [1.165, 1.54) is 25.7 Å². The van der Waals surface area contributed by atoms with Crippen LogP contribution in [0.5, 0.6) is 23.3 Å². The van der Waals surface area contributed by atoms with Gasteiger partial charge in [0.2, 0.25) is 11.8 Å². The van der Waals surface area contributed by atoms with Crippen LogP contribution in [0, 0.1) is 23.7 Å². The fourth-order valence-electron chi connectivity index (χ4n) is 11.5. The van der Waals surface area contributed by atoms with E-state index in [1.54, 1.807) is 20.4 Å². The van der Waals surface area contributed by atoms with Gasteiger partial charge in [-0.1, -0.05) is 51.0 Å². The Bertz CT molecular complexity index is 2500. The van der Waals surface area contributed by atoms with Gasteiger partial charge in [0.05, 0.1) is 54.3 Å². The van der Waals surface area contributed by atoms with Crippen molar-refractivity contribution in [1.29, 1.82) is 0 Å². The molecule has 3 aromatic carbocycles. The van der Waals surface area contributed by atoms with Crippen LogP contribution in [0.2, 0.25) is 0 Å². The third-order valence-electron chi connectivity index (χ3n) is 14.8. The fourth-order valence-corrected chi connectivity index (χ4v) is 11.5. The molecule has 6 aliphatic rings. The number of rotatable bonds is 12. The van der Waals surface area contributed by atoms with Crippen LogP contribution < -0.4 is 18.9 Å². The van der Waals surface area contributed by atoms with Crippen molar-refractivity contribution in [2.45, 2.75) is 83.1 Å². The molecule has 59 heavy (non-hydrogen) atoms. The molecule has 0 saturated carbocycles. The van der Waals surface area contributed by atoms with E-state index in [0.717, 1.165) is 94.2 Å². The molecule has 0 spiro atoms. The second-order valence-electron chi connectivity index (χ2n) is 17.6. The van der Waals surface area contributed by atoms with E-state index < -0.39 is 5.60 Å². The van der Waals surface area contributed by atoms with Gasteiger partial charge in [0.1, 0.15) is 23.2 Å². The first kappa shape index (κ1) is 38.2. The van der Waals surface area contributed by atoms with E-state index in [1.807, 2.05) is 18.3 Å². The second-order valence-corrected chi connectivity index (χ2v) is 17.6. The molecular formula is C49H56N6O4. The van der Waals surface area contributed by atoms with E-state index in [0.29, 0.717) is 35.4 Å². The number of ether oxygens (including phenoxy) is 4. The number of hydrogen-bond acceptors (Lipinski definition) is 10. The molecule has 10 heteroatoms. The van der Waals surface area contributed by atoms with E-state index in [-0.39, 0.29) is 18.2 Å². The number of piperidine rings is 6. The summed E-state index contributed by atoms with van der Waals surface area (Å²) in [6, 6.07) is 25.3. The molecule has 0 N–H and O–H groups in total. The van der Waals surface area contributed by atoms with Crippen molar-refractivity contribution in [3.8, 4) is 23.3 Å². The van der Waals surface area contributed by atoms with Gasteiger partial charge in [0.25, 0.3) is 0 Å². The van der Waals surface area contributed by atoms with Crippen LogP contribution in [0.3, 0.4) is 0 Å². The van der Waals surface area contributed by atoms with Gasteiger partial charge in [0.15, 0.2) is 0 Å². The number of aromatic nitrogens is 4. The summed E-state index contributed by atoms with van der Waals surface area (Å²) in [7, 11) is 3.41. The van der Waals surface area contributed by atoms with Gasteiger partial charge in [-0.15, -0.1) is 10.2 Å². The zero-order valence-corrected chi connectivity index (χ0v) is 35.0. The molecule has 9 heterocycles. The molecular weight excluding hydrogens is 737 g/mol. The maximum atomic E-state index is 7.48. The Kier molecular flexibility index (Phi) is 10.0. The molecule has 0 radical (unpaired) electrons. The normalized spacial score (nSPS) is 27.7. The largest absolute Gasteiger partial charge is 0.497 e. The zero-order valence-electron chi connectivity index (χ0n) is 35.0. The van der Waals surface area contributed by atoms with Crippen molar-refractivity contribution in [1.82, 2.24) is 30.0 Å². The zero-order chi connectivity index (χ0) is 40.3. The minimum atomic E-state index is -0.785. The number of pyridine rings is 2. The Labute approximate surface area is 347 Å². The van der Waals surface area contributed by atoms with Gasteiger partial charge in [0, 0.05) is 41.2 Å². The Balaban J connectivity index is 1.08. The van der Waals surface area contributed by atoms with Gasteiger partial charge >= 0.3 is 0 Å². The molecule has 12 rings (SSSR count). The smallest absolute Gasteiger partial charge is 0.242 e. The van der Waals surface area contributed by atoms with E-state index in [4.69, 9.17) is 39.1 Å². The predicted molar refractivity (Wildman–Crippen MR) is 231 cm³/mol. The quantitative estimate of drug-likeness (QED) is 0.119. The molecule has 6 saturated heterocycles. The van der Waals surface area contributed by atoms with Crippen molar-refractivity contribution >= 4 is 32.6 Å². The first-order valence-electron chi connectivity index (χ1n) is 21.8. The fraction of sp³-hybridized carbons (Fsp3) is 0.469. The van der Waals surface area contributed by atoms with E-state index in [9.17, 15) is 0 Å². The van der Waals surface area contributed by atoms with Crippen LogP contribution in [0.25, 0.3) is 32.6 Å². The van der Waals surface area contributed by atoms with Gasteiger partial charge < -0.3 is 18.9 Å². The van der Waals surface area contributed by atoms with Crippen molar-refractivity contribution in [2.75, 3.05) is 40.4 Å². The van der Waals surface area contributed by atoms with Crippen molar-refractivity contribution in [3.05, 3.63) is 96.3 Å². The van der Waals surface area contributed by atoms with E-state index in [2.05, 4.69) is 91.2 Å². The average Bonchev–Trinajstić information content (AvgIpc) is 3.30. The molecule has 10 nitrogen and oxygen atoms in total. The lowest BCUT2D eigenvalue weighted by Gasteiger charge is -2.55. The number of fused-ring (bicyclic) bond motifs is 9.